The van der Waals surface area contributed by atoms with Crippen molar-refractivity contribution in [1.82, 2.24) is 15.6 Å². The van der Waals surface area contributed by atoms with Crippen molar-refractivity contribution in [2.45, 2.75) is 32.5 Å². The van der Waals surface area contributed by atoms with Crippen LogP contribution in [0.25, 0.3) is 0 Å². The van der Waals surface area contributed by atoms with Crippen LogP contribution >= 0.6 is 0 Å². The van der Waals surface area contributed by atoms with E-state index in [-0.39, 0.29) is 6.54 Å². The molecule has 1 heterocycles. The van der Waals surface area contributed by atoms with Crippen molar-refractivity contribution < 1.29 is 17.9 Å². The summed E-state index contributed by atoms with van der Waals surface area (Å²) in [7, 11) is 1.50. The van der Waals surface area contributed by atoms with E-state index in [0.29, 0.717) is 25.0 Å². The van der Waals surface area contributed by atoms with Crippen molar-refractivity contribution in [1.29, 1.82) is 0 Å². The third-order valence-electron chi connectivity index (χ3n) is 2.66. The van der Waals surface area contributed by atoms with Crippen molar-refractivity contribution in [2.75, 3.05) is 20.2 Å². The Hall–Kier alpha value is -1.99. The number of hydrogen-bond donors (Lipinski definition) is 2. The van der Waals surface area contributed by atoms with Crippen LogP contribution in [0.5, 0.6) is 5.88 Å². The van der Waals surface area contributed by atoms with Gasteiger partial charge in [-0.3, -0.25) is 4.99 Å². The van der Waals surface area contributed by atoms with Crippen LogP contribution in [0.4, 0.5) is 13.2 Å². The Bertz CT molecular complexity index is 477. The van der Waals surface area contributed by atoms with E-state index in [1.807, 2.05) is 13.0 Å². The van der Waals surface area contributed by atoms with E-state index in [9.17, 15) is 13.2 Å². The predicted octanol–water partition coefficient (Wildman–Crippen LogP) is 2.49. The van der Waals surface area contributed by atoms with Crippen LogP contribution in [-0.4, -0.2) is 37.3 Å². The molecule has 8 heteroatoms. The van der Waals surface area contributed by atoms with Crippen LogP contribution in [0.2, 0.25) is 0 Å². The summed E-state index contributed by atoms with van der Waals surface area (Å²) >= 11 is 0. The highest BCUT2D eigenvalue weighted by Crippen LogP contribution is 2.18. The van der Waals surface area contributed by atoms with Crippen LogP contribution in [0, 0.1) is 0 Å². The summed E-state index contributed by atoms with van der Waals surface area (Å²) in [6.07, 6.45) is -2.60. The minimum atomic E-state index is -4.18. The summed E-state index contributed by atoms with van der Waals surface area (Å²) in [5.41, 5.74) is 0.815. The molecule has 0 spiro atoms. The molecule has 0 saturated heterocycles. The van der Waals surface area contributed by atoms with Crippen LogP contribution < -0.4 is 15.4 Å². The van der Waals surface area contributed by atoms with Crippen molar-refractivity contribution >= 4 is 5.96 Å². The Kier molecular flexibility index (Phi) is 7.48. The van der Waals surface area contributed by atoms with Crippen LogP contribution in [-0.2, 0) is 6.54 Å². The highest BCUT2D eigenvalue weighted by molar-refractivity contribution is 5.79. The van der Waals surface area contributed by atoms with E-state index in [4.69, 9.17) is 4.74 Å². The van der Waals surface area contributed by atoms with Gasteiger partial charge in [0.2, 0.25) is 5.88 Å². The van der Waals surface area contributed by atoms with Crippen LogP contribution in [0.1, 0.15) is 25.3 Å². The smallest absolute Gasteiger partial charge is 0.390 e. The number of guanidine groups is 1. The molecule has 0 aliphatic rings. The first-order valence-electron chi connectivity index (χ1n) is 7.04. The number of ether oxygens (including phenoxy) is 1. The zero-order valence-electron chi connectivity index (χ0n) is 12.7. The van der Waals surface area contributed by atoms with Gasteiger partial charge in [0.05, 0.1) is 13.0 Å². The van der Waals surface area contributed by atoms with Gasteiger partial charge in [0.15, 0.2) is 5.96 Å². The van der Waals surface area contributed by atoms with Gasteiger partial charge in [-0.1, -0.05) is 13.0 Å². The van der Waals surface area contributed by atoms with Crippen molar-refractivity contribution in [3.8, 4) is 5.88 Å². The minimum absolute atomic E-state index is 0.227. The number of hydrogen-bond acceptors (Lipinski definition) is 3. The van der Waals surface area contributed by atoms with Gasteiger partial charge in [-0.25, -0.2) is 4.98 Å². The quantitative estimate of drug-likeness (QED) is 0.599. The molecule has 5 nitrogen and oxygen atoms in total. The number of nitrogens with zero attached hydrogens (tertiary/aromatic N) is 2. The number of rotatable bonds is 7. The summed E-state index contributed by atoms with van der Waals surface area (Å²) < 4.78 is 41.8. The third-order valence-corrected chi connectivity index (χ3v) is 2.66. The zero-order chi connectivity index (χ0) is 16.4. The summed E-state index contributed by atoms with van der Waals surface area (Å²) in [5.74, 6) is 0.817. The number of pyridine rings is 1. The molecule has 0 fully saturated rings. The van der Waals surface area contributed by atoms with E-state index in [1.54, 1.807) is 12.3 Å². The zero-order valence-corrected chi connectivity index (χ0v) is 12.7. The van der Waals surface area contributed by atoms with Crippen LogP contribution in [0.15, 0.2) is 23.3 Å². The molecular formula is C14H21F3N4O. The molecule has 124 valence electrons. The average molecular weight is 318 g/mol. The van der Waals surface area contributed by atoms with Gasteiger partial charge in [-0.15, -0.1) is 0 Å². The Labute approximate surface area is 128 Å². The van der Waals surface area contributed by atoms with Crippen molar-refractivity contribution in [3.05, 3.63) is 23.9 Å². The fourth-order valence-corrected chi connectivity index (χ4v) is 1.61. The molecule has 0 atom stereocenters. The molecule has 0 amide bonds. The first kappa shape index (κ1) is 18.1. The van der Waals surface area contributed by atoms with Crippen molar-refractivity contribution in [2.24, 2.45) is 4.99 Å². The van der Waals surface area contributed by atoms with Gasteiger partial charge in [0.1, 0.15) is 0 Å². The van der Waals surface area contributed by atoms with Gasteiger partial charge in [-0.05, 0) is 12.5 Å². The lowest BCUT2D eigenvalue weighted by Gasteiger charge is -2.14. The first-order chi connectivity index (χ1) is 10.5. The highest BCUT2D eigenvalue weighted by Gasteiger charge is 2.26. The maximum atomic E-state index is 12.1. The summed E-state index contributed by atoms with van der Waals surface area (Å²) in [6, 6.07) is 3.61. The molecule has 0 saturated carbocycles. The number of aromatic nitrogens is 1. The van der Waals surface area contributed by atoms with E-state index >= 15 is 0 Å². The maximum absolute atomic E-state index is 12.1. The van der Waals surface area contributed by atoms with E-state index in [0.717, 1.165) is 12.0 Å². The SMILES string of the molecule is CCCOc1ncccc1CNC(=NC)NCCC(F)(F)F. The van der Waals surface area contributed by atoms with Gasteiger partial charge < -0.3 is 15.4 Å². The average Bonchev–Trinajstić information content (AvgIpc) is 2.48. The number of aliphatic imine (C=N–C) groups is 1. The summed E-state index contributed by atoms with van der Waals surface area (Å²) in [5, 5.41) is 5.56. The van der Waals surface area contributed by atoms with Crippen LogP contribution in [0.3, 0.4) is 0 Å². The molecule has 2 N–H and O–H groups in total. The molecule has 1 aromatic rings. The normalized spacial score (nSPS) is 12.1. The standard InChI is InChI=1S/C14H21F3N4O/c1-3-9-22-12-11(5-4-7-19-12)10-21-13(18-2)20-8-6-14(15,16)17/h4-5,7H,3,6,8-10H2,1-2H3,(H2,18,20,21). The molecule has 0 aliphatic heterocycles. The Morgan fingerprint density at radius 1 is 1.36 bits per heavy atom. The minimum Gasteiger partial charge on any atom is -0.477 e. The molecular weight excluding hydrogens is 297 g/mol. The van der Waals surface area contributed by atoms with E-state index < -0.39 is 12.6 Å². The molecule has 1 aromatic heterocycles. The van der Waals surface area contributed by atoms with Crippen molar-refractivity contribution in [3.63, 3.8) is 0 Å². The number of halogens is 3. The second-order valence-corrected chi connectivity index (χ2v) is 4.53. The lowest BCUT2D eigenvalue weighted by Crippen LogP contribution is -2.38. The predicted molar refractivity (Wildman–Crippen MR) is 78.9 cm³/mol. The fourth-order valence-electron chi connectivity index (χ4n) is 1.61. The second-order valence-electron chi connectivity index (χ2n) is 4.53. The monoisotopic (exact) mass is 318 g/mol. The molecule has 0 aromatic carbocycles. The molecule has 1 rings (SSSR count). The summed E-state index contributed by atoms with van der Waals surface area (Å²) in [4.78, 5) is 8.02. The van der Waals surface area contributed by atoms with E-state index in [2.05, 4.69) is 20.6 Å². The van der Waals surface area contributed by atoms with Gasteiger partial charge in [0.25, 0.3) is 0 Å². The molecule has 0 aliphatic carbocycles. The largest absolute Gasteiger partial charge is 0.477 e. The Morgan fingerprint density at radius 2 is 2.14 bits per heavy atom. The summed E-state index contributed by atoms with van der Waals surface area (Å²) in [6.45, 7) is 2.68. The highest BCUT2D eigenvalue weighted by atomic mass is 19.4. The van der Waals surface area contributed by atoms with Gasteiger partial charge in [0, 0.05) is 31.9 Å². The van der Waals surface area contributed by atoms with Gasteiger partial charge >= 0.3 is 6.18 Å². The first-order valence-corrected chi connectivity index (χ1v) is 7.04. The number of alkyl halides is 3. The number of nitrogens with one attached hydrogen (secondary N) is 2. The lowest BCUT2D eigenvalue weighted by atomic mass is 10.2. The second kappa shape index (κ2) is 9.11. The third kappa shape index (κ3) is 7.14. The molecule has 0 radical (unpaired) electrons. The molecule has 22 heavy (non-hydrogen) atoms. The topological polar surface area (TPSA) is 58.5 Å². The van der Waals surface area contributed by atoms with Gasteiger partial charge in [-0.2, -0.15) is 13.2 Å². The van der Waals surface area contributed by atoms with E-state index in [1.165, 1.54) is 7.05 Å². The Morgan fingerprint density at radius 3 is 2.77 bits per heavy atom. The lowest BCUT2D eigenvalue weighted by molar-refractivity contribution is -0.132. The maximum Gasteiger partial charge on any atom is 0.390 e. The molecule has 0 unspecified atom stereocenters. The fraction of sp³-hybridized carbons (Fsp3) is 0.571. The Balaban J connectivity index is 2.49. The molecule has 0 bridgehead atoms.